The highest BCUT2D eigenvalue weighted by Gasteiger charge is 2.22. The van der Waals surface area contributed by atoms with Crippen LogP contribution >= 0.6 is 11.6 Å². The Balaban J connectivity index is 1.91. The molecule has 0 radical (unpaired) electrons. The number of anilines is 1. The number of hydrogen-bond donors (Lipinski definition) is 1. The van der Waals surface area contributed by atoms with E-state index in [1.807, 2.05) is 13.8 Å². The number of benzene rings is 2. The summed E-state index contributed by atoms with van der Waals surface area (Å²) < 4.78 is 38.2. The number of hydrogen-bond acceptors (Lipinski definition) is 5. The van der Waals surface area contributed by atoms with Gasteiger partial charge in [-0.15, -0.1) is 0 Å². The predicted molar refractivity (Wildman–Crippen MR) is 100 cm³/mol. The first-order valence-electron chi connectivity index (χ1n) is 7.71. The van der Waals surface area contributed by atoms with E-state index in [1.165, 1.54) is 13.2 Å². The number of sulfonamides is 1. The maximum absolute atomic E-state index is 12.7. The summed E-state index contributed by atoms with van der Waals surface area (Å²) in [7, 11) is -2.47. The van der Waals surface area contributed by atoms with Crippen molar-refractivity contribution in [3.63, 3.8) is 0 Å². The van der Waals surface area contributed by atoms with E-state index >= 15 is 0 Å². The lowest BCUT2D eigenvalue weighted by molar-refractivity contribution is 0.402. The van der Waals surface area contributed by atoms with Gasteiger partial charge in [-0.1, -0.05) is 28.9 Å². The van der Waals surface area contributed by atoms with E-state index in [0.29, 0.717) is 10.7 Å². The van der Waals surface area contributed by atoms with E-state index in [9.17, 15) is 8.42 Å². The fourth-order valence-electron chi connectivity index (χ4n) is 2.40. The molecule has 0 amide bonds. The van der Waals surface area contributed by atoms with Crippen molar-refractivity contribution in [2.75, 3.05) is 11.8 Å². The molecular weight excluding hydrogens is 376 g/mol. The van der Waals surface area contributed by atoms with Gasteiger partial charge in [0.1, 0.15) is 16.3 Å². The lowest BCUT2D eigenvalue weighted by atomic mass is 10.1. The summed E-state index contributed by atoms with van der Waals surface area (Å²) in [5.41, 5.74) is 3.02. The highest BCUT2D eigenvalue weighted by atomic mass is 35.5. The van der Waals surface area contributed by atoms with Crippen molar-refractivity contribution in [2.24, 2.45) is 0 Å². The van der Waals surface area contributed by atoms with Gasteiger partial charge >= 0.3 is 0 Å². The number of ether oxygens (including phenoxy) is 1. The lowest BCUT2D eigenvalue weighted by Gasteiger charge is -2.12. The Morgan fingerprint density at radius 3 is 2.38 bits per heavy atom. The smallest absolute Gasteiger partial charge is 0.267 e. The van der Waals surface area contributed by atoms with Gasteiger partial charge in [-0.25, -0.2) is 13.1 Å². The predicted octanol–water partition coefficient (Wildman–Crippen LogP) is 4.42. The van der Waals surface area contributed by atoms with Crippen LogP contribution in [0.4, 0.5) is 5.88 Å². The van der Waals surface area contributed by atoms with Crippen molar-refractivity contribution >= 4 is 27.5 Å². The van der Waals surface area contributed by atoms with Crippen molar-refractivity contribution in [3.05, 3.63) is 58.6 Å². The molecule has 0 aliphatic heterocycles. The van der Waals surface area contributed by atoms with Gasteiger partial charge in [0.2, 0.25) is 5.88 Å². The minimum atomic E-state index is -3.90. The summed E-state index contributed by atoms with van der Waals surface area (Å²) in [6, 6.07) is 11.7. The number of methoxy groups -OCH3 is 1. The lowest BCUT2D eigenvalue weighted by Crippen LogP contribution is -2.14. The molecule has 0 aliphatic rings. The third-order valence-electron chi connectivity index (χ3n) is 3.95. The zero-order valence-corrected chi connectivity index (χ0v) is 16.0. The van der Waals surface area contributed by atoms with E-state index in [0.717, 1.165) is 16.7 Å². The van der Waals surface area contributed by atoms with Crippen molar-refractivity contribution in [1.29, 1.82) is 0 Å². The summed E-state index contributed by atoms with van der Waals surface area (Å²) in [4.78, 5) is 0.0348. The molecule has 26 heavy (non-hydrogen) atoms. The number of nitrogens with zero attached hydrogens (tertiary/aromatic N) is 1. The van der Waals surface area contributed by atoms with Gasteiger partial charge in [0.25, 0.3) is 10.0 Å². The Kier molecular flexibility index (Phi) is 4.93. The van der Waals surface area contributed by atoms with Crippen molar-refractivity contribution in [1.82, 2.24) is 5.16 Å². The normalized spacial score (nSPS) is 11.4. The number of rotatable bonds is 5. The first-order valence-corrected chi connectivity index (χ1v) is 9.57. The van der Waals surface area contributed by atoms with E-state index in [4.69, 9.17) is 20.9 Å². The second-order valence-corrected chi connectivity index (χ2v) is 7.86. The van der Waals surface area contributed by atoms with Gasteiger partial charge in [0, 0.05) is 16.7 Å². The Morgan fingerprint density at radius 2 is 1.73 bits per heavy atom. The highest BCUT2D eigenvalue weighted by Crippen LogP contribution is 2.30. The Labute approximate surface area is 156 Å². The van der Waals surface area contributed by atoms with Crippen molar-refractivity contribution in [2.45, 2.75) is 18.7 Å². The Hall–Kier alpha value is -2.51. The van der Waals surface area contributed by atoms with Crippen LogP contribution in [0.25, 0.3) is 11.3 Å². The van der Waals surface area contributed by atoms with Crippen LogP contribution in [-0.4, -0.2) is 20.7 Å². The third-order valence-corrected chi connectivity index (χ3v) is 5.57. The molecule has 1 heterocycles. The minimum Gasteiger partial charge on any atom is -0.495 e. The number of aromatic nitrogens is 1. The van der Waals surface area contributed by atoms with Gasteiger partial charge in [-0.05, 0) is 49.2 Å². The number of nitrogens with one attached hydrogen (secondary N) is 1. The molecule has 0 saturated carbocycles. The van der Waals surface area contributed by atoms with Crippen LogP contribution in [0.5, 0.6) is 5.75 Å². The van der Waals surface area contributed by atoms with Crippen molar-refractivity contribution < 1.29 is 17.7 Å². The molecule has 3 aromatic rings. The molecule has 0 bridgehead atoms. The van der Waals surface area contributed by atoms with E-state index in [2.05, 4.69) is 9.88 Å². The Bertz CT molecular complexity index is 1040. The highest BCUT2D eigenvalue weighted by molar-refractivity contribution is 7.92. The zero-order chi connectivity index (χ0) is 18.9. The molecule has 0 aliphatic carbocycles. The summed E-state index contributed by atoms with van der Waals surface area (Å²) >= 11 is 5.86. The summed E-state index contributed by atoms with van der Waals surface area (Å²) in [6.45, 7) is 3.72. The molecule has 3 rings (SSSR count). The SMILES string of the molecule is COc1cc(C)c(C)cc1S(=O)(=O)Nc1cc(-c2ccc(Cl)cc2)no1. The molecule has 0 atom stereocenters. The summed E-state index contributed by atoms with van der Waals surface area (Å²) in [5.74, 6) is 0.272. The van der Waals surface area contributed by atoms with Crippen LogP contribution in [0.2, 0.25) is 5.02 Å². The minimum absolute atomic E-state index is 0.00947. The molecule has 0 unspecified atom stereocenters. The monoisotopic (exact) mass is 392 g/mol. The van der Waals surface area contributed by atoms with Crippen LogP contribution in [0.15, 0.2) is 51.9 Å². The maximum Gasteiger partial charge on any atom is 0.267 e. The maximum atomic E-state index is 12.7. The number of aryl methyl sites for hydroxylation is 2. The average Bonchev–Trinajstić information content (AvgIpc) is 3.05. The molecule has 1 N–H and O–H groups in total. The molecule has 136 valence electrons. The van der Waals surface area contributed by atoms with Crippen LogP contribution in [0.3, 0.4) is 0 Å². The Morgan fingerprint density at radius 1 is 1.08 bits per heavy atom. The van der Waals surface area contributed by atoms with Gasteiger partial charge < -0.3 is 9.26 Å². The zero-order valence-electron chi connectivity index (χ0n) is 14.4. The van der Waals surface area contributed by atoms with Gasteiger partial charge in [0.05, 0.1) is 7.11 Å². The fourth-order valence-corrected chi connectivity index (χ4v) is 3.74. The van der Waals surface area contributed by atoms with Gasteiger partial charge in [-0.2, -0.15) is 0 Å². The molecule has 0 fully saturated rings. The van der Waals surface area contributed by atoms with Crippen molar-refractivity contribution in [3.8, 4) is 17.0 Å². The molecule has 6 nitrogen and oxygen atoms in total. The molecule has 0 spiro atoms. The van der Waals surface area contributed by atoms with Crippen LogP contribution in [-0.2, 0) is 10.0 Å². The molecule has 8 heteroatoms. The topological polar surface area (TPSA) is 81.4 Å². The largest absolute Gasteiger partial charge is 0.495 e. The van der Waals surface area contributed by atoms with E-state index in [-0.39, 0.29) is 16.5 Å². The molecule has 2 aromatic carbocycles. The standard InChI is InChI=1S/C18H17ClN2O4S/c1-11-8-16(24-3)17(9-12(11)2)26(22,23)21-18-10-15(20-25-18)13-4-6-14(19)7-5-13/h4-10,21H,1-3H3. The third kappa shape index (κ3) is 3.68. The average molecular weight is 393 g/mol. The molecule has 0 saturated heterocycles. The second-order valence-electron chi connectivity index (χ2n) is 5.78. The van der Waals surface area contributed by atoms with E-state index in [1.54, 1.807) is 36.4 Å². The first kappa shape index (κ1) is 18.3. The van der Waals surface area contributed by atoms with Crippen LogP contribution in [0, 0.1) is 13.8 Å². The summed E-state index contributed by atoms with van der Waals surface area (Å²) in [6.07, 6.45) is 0. The molecule has 1 aromatic heterocycles. The molecular formula is C18H17ClN2O4S. The number of halogens is 1. The second kappa shape index (κ2) is 7.01. The first-order chi connectivity index (χ1) is 12.3. The summed E-state index contributed by atoms with van der Waals surface area (Å²) in [5, 5.41) is 4.49. The van der Waals surface area contributed by atoms with E-state index < -0.39 is 10.0 Å². The quantitative estimate of drug-likeness (QED) is 0.695. The van der Waals surface area contributed by atoms with Gasteiger partial charge in [0.15, 0.2) is 0 Å². The van der Waals surface area contributed by atoms with Crippen LogP contribution in [0.1, 0.15) is 11.1 Å². The fraction of sp³-hybridized carbons (Fsp3) is 0.167. The van der Waals surface area contributed by atoms with Crippen LogP contribution < -0.4 is 9.46 Å². The van der Waals surface area contributed by atoms with Gasteiger partial charge in [-0.3, -0.25) is 0 Å².